The van der Waals surface area contributed by atoms with E-state index in [1.54, 1.807) is 47.6 Å². The fourth-order valence-corrected chi connectivity index (χ4v) is 4.38. The number of amides is 2. The fourth-order valence-electron chi connectivity index (χ4n) is 3.36. The molecule has 0 spiro atoms. The van der Waals surface area contributed by atoms with E-state index in [1.165, 1.54) is 23.1 Å². The van der Waals surface area contributed by atoms with Crippen LogP contribution in [0.4, 0.5) is 4.39 Å². The van der Waals surface area contributed by atoms with Crippen LogP contribution in [0, 0.1) is 5.82 Å². The van der Waals surface area contributed by atoms with E-state index in [0.29, 0.717) is 43.2 Å². The molecule has 3 aromatic rings. The Labute approximate surface area is 212 Å². The lowest BCUT2D eigenvalue weighted by atomic mass is 10.1. The van der Waals surface area contributed by atoms with Crippen molar-refractivity contribution in [3.8, 4) is 0 Å². The maximum absolute atomic E-state index is 13.4. The highest BCUT2D eigenvalue weighted by atomic mass is 35.5. The van der Waals surface area contributed by atoms with E-state index in [-0.39, 0.29) is 29.2 Å². The van der Waals surface area contributed by atoms with Crippen LogP contribution in [-0.2, 0) is 22.6 Å². The second kappa shape index (κ2) is 12.9. The van der Waals surface area contributed by atoms with Crippen molar-refractivity contribution in [3.05, 3.63) is 91.8 Å². The van der Waals surface area contributed by atoms with Crippen molar-refractivity contribution in [2.24, 2.45) is 0 Å². The summed E-state index contributed by atoms with van der Waals surface area (Å²) in [4.78, 5) is 30.8. The van der Waals surface area contributed by atoms with E-state index in [9.17, 15) is 14.0 Å². The number of rotatable bonds is 11. The molecule has 9 heteroatoms. The lowest BCUT2D eigenvalue weighted by Gasteiger charge is -2.28. The number of thiophene rings is 1. The van der Waals surface area contributed by atoms with Crippen LogP contribution in [0.2, 0.25) is 10.0 Å². The van der Waals surface area contributed by atoms with E-state index in [1.807, 2.05) is 17.5 Å². The van der Waals surface area contributed by atoms with Gasteiger partial charge in [-0.2, -0.15) is 0 Å². The molecule has 0 radical (unpaired) electrons. The number of carbonyl (C=O) groups is 2. The normalized spacial score (nSPS) is 10.8. The van der Waals surface area contributed by atoms with Crippen LogP contribution in [-0.4, -0.2) is 48.4 Å². The number of hydrogen-bond donors (Lipinski definition) is 0. The third kappa shape index (κ3) is 7.53. The molecule has 0 unspecified atom stereocenters. The number of nitrogens with zero attached hydrogens (tertiary/aromatic N) is 2. The lowest BCUT2D eigenvalue weighted by molar-refractivity contribution is -0.133. The molecule has 180 valence electrons. The van der Waals surface area contributed by atoms with Crippen molar-refractivity contribution < 1.29 is 18.7 Å². The van der Waals surface area contributed by atoms with Gasteiger partial charge in [-0.25, -0.2) is 4.39 Å². The molecule has 0 N–H and O–H groups in total. The Morgan fingerprint density at radius 1 is 1.00 bits per heavy atom. The number of halogens is 3. The molecule has 0 fully saturated rings. The molecule has 2 amide bonds. The number of hydrogen-bond acceptors (Lipinski definition) is 4. The third-order valence-electron chi connectivity index (χ3n) is 5.12. The predicted molar refractivity (Wildman–Crippen MR) is 134 cm³/mol. The summed E-state index contributed by atoms with van der Waals surface area (Å²) in [5.41, 5.74) is 1.15. The Bertz CT molecular complexity index is 1090. The maximum Gasteiger partial charge on any atom is 0.254 e. The fraction of sp³-hybridized carbons (Fsp3) is 0.280. The Balaban J connectivity index is 1.80. The zero-order chi connectivity index (χ0) is 24.5. The SMILES string of the molecule is COCCCN(CC(=O)N(Cc1ccc(F)cc1)Cc1cccs1)C(=O)c1ccc(Cl)c(Cl)c1. The Morgan fingerprint density at radius 3 is 2.41 bits per heavy atom. The minimum atomic E-state index is -0.337. The molecule has 0 saturated heterocycles. The van der Waals surface area contributed by atoms with Gasteiger partial charge in [-0.3, -0.25) is 9.59 Å². The highest BCUT2D eigenvalue weighted by molar-refractivity contribution is 7.09. The Kier molecular flexibility index (Phi) is 9.89. The summed E-state index contributed by atoms with van der Waals surface area (Å²) in [6, 6.07) is 14.6. The van der Waals surface area contributed by atoms with E-state index >= 15 is 0 Å². The molecule has 0 aliphatic heterocycles. The first-order valence-corrected chi connectivity index (χ1v) is 12.3. The molecule has 34 heavy (non-hydrogen) atoms. The summed E-state index contributed by atoms with van der Waals surface area (Å²) in [6.07, 6.45) is 0.569. The summed E-state index contributed by atoms with van der Waals surface area (Å²) in [5, 5.41) is 2.56. The van der Waals surface area contributed by atoms with Crippen molar-refractivity contribution in [2.45, 2.75) is 19.5 Å². The van der Waals surface area contributed by atoms with Crippen molar-refractivity contribution >= 4 is 46.4 Å². The monoisotopic (exact) mass is 522 g/mol. The second-order valence-electron chi connectivity index (χ2n) is 7.66. The largest absolute Gasteiger partial charge is 0.385 e. The molecule has 0 bridgehead atoms. The van der Waals surface area contributed by atoms with Gasteiger partial charge >= 0.3 is 0 Å². The van der Waals surface area contributed by atoms with Gasteiger partial charge in [0.15, 0.2) is 0 Å². The minimum absolute atomic E-state index is 0.116. The number of benzene rings is 2. The van der Waals surface area contributed by atoms with Gasteiger partial charge in [-0.1, -0.05) is 41.4 Å². The van der Waals surface area contributed by atoms with Crippen LogP contribution in [0.15, 0.2) is 60.0 Å². The molecule has 0 atom stereocenters. The summed E-state index contributed by atoms with van der Waals surface area (Å²) in [7, 11) is 1.59. The Morgan fingerprint density at radius 2 is 1.76 bits per heavy atom. The molecule has 1 heterocycles. The van der Waals surface area contributed by atoms with Gasteiger partial charge in [0.2, 0.25) is 5.91 Å². The zero-order valence-corrected chi connectivity index (χ0v) is 21.0. The van der Waals surface area contributed by atoms with Crippen molar-refractivity contribution in [1.29, 1.82) is 0 Å². The third-order valence-corrected chi connectivity index (χ3v) is 6.72. The first-order valence-electron chi connectivity index (χ1n) is 10.6. The quantitative estimate of drug-likeness (QED) is 0.294. The van der Waals surface area contributed by atoms with Gasteiger partial charge in [-0.15, -0.1) is 11.3 Å². The minimum Gasteiger partial charge on any atom is -0.385 e. The summed E-state index contributed by atoms with van der Waals surface area (Å²) >= 11 is 13.6. The van der Waals surface area contributed by atoms with Gasteiger partial charge in [0, 0.05) is 37.2 Å². The van der Waals surface area contributed by atoms with Crippen LogP contribution in [0.5, 0.6) is 0 Å². The maximum atomic E-state index is 13.4. The molecule has 0 aliphatic rings. The van der Waals surface area contributed by atoms with E-state index in [4.69, 9.17) is 27.9 Å². The van der Waals surface area contributed by atoms with E-state index in [2.05, 4.69) is 0 Å². The highest BCUT2D eigenvalue weighted by Gasteiger charge is 2.23. The molecule has 0 aliphatic carbocycles. The van der Waals surface area contributed by atoms with Gasteiger partial charge < -0.3 is 14.5 Å². The number of methoxy groups -OCH3 is 1. The van der Waals surface area contributed by atoms with Crippen LogP contribution in [0.1, 0.15) is 27.2 Å². The van der Waals surface area contributed by atoms with Gasteiger partial charge in [0.25, 0.3) is 5.91 Å². The highest BCUT2D eigenvalue weighted by Crippen LogP contribution is 2.23. The van der Waals surface area contributed by atoms with Crippen molar-refractivity contribution in [1.82, 2.24) is 9.80 Å². The van der Waals surface area contributed by atoms with E-state index < -0.39 is 0 Å². The van der Waals surface area contributed by atoms with Crippen LogP contribution >= 0.6 is 34.5 Å². The second-order valence-corrected chi connectivity index (χ2v) is 9.50. The molecular formula is C25H25Cl2FN2O3S. The van der Waals surface area contributed by atoms with Crippen molar-refractivity contribution in [3.63, 3.8) is 0 Å². The topological polar surface area (TPSA) is 49.9 Å². The standard InChI is InChI=1S/C25H25Cl2FN2O3S/c1-33-12-3-11-29(25(32)19-7-10-22(26)23(27)14-19)17-24(31)30(16-21-4-2-13-34-21)15-18-5-8-20(28)9-6-18/h2,4-10,13-14H,3,11-12,15-17H2,1H3. The molecule has 1 aromatic heterocycles. The molecule has 3 rings (SSSR count). The van der Waals surface area contributed by atoms with Gasteiger partial charge in [0.1, 0.15) is 12.4 Å². The average molecular weight is 523 g/mol. The predicted octanol–water partition coefficient (Wildman–Crippen LogP) is 5.90. The molecular weight excluding hydrogens is 498 g/mol. The van der Waals surface area contributed by atoms with Crippen molar-refractivity contribution in [2.75, 3.05) is 26.8 Å². The van der Waals surface area contributed by atoms with Crippen LogP contribution in [0.3, 0.4) is 0 Å². The first-order chi connectivity index (χ1) is 16.4. The van der Waals surface area contributed by atoms with Gasteiger partial charge in [0.05, 0.1) is 16.6 Å². The average Bonchev–Trinajstić information content (AvgIpc) is 3.34. The molecule has 0 saturated carbocycles. The van der Waals surface area contributed by atoms with E-state index in [0.717, 1.165) is 10.4 Å². The summed E-state index contributed by atoms with van der Waals surface area (Å²) in [5.74, 6) is -0.874. The van der Waals surface area contributed by atoms with Crippen LogP contribution < -0.4 is 0 Å². The first kappa shape index (κ1) is 26.2. The summed E-state index contributed by atoms with van der Waals surface area (Å²) in [6.45, 7) is 1.36. The lowest BCUT2D eigenvalue weighted by Crippen LogP contribution is -2.43. The molecule has 5 nitrogen and oxygen atoms in total. The van der Waals surface area contributed by atoms with Crippen LogP contribution in [0.25, 0.3) is 0 Å². The molecule has 2 aromatic carbocycles. The smallest absolute Gasteiger partial charge is 0.254 e. The Hall–Kier alpha value is -2.45. The number of ether oxygens (including phenoxy) is 1. The zero-order valence-electron chi connectivity index (χ0n) is 18.7. The van der Waals surface area contributed by atoms with Gasteiger partial charge in [-0.05, 0) is 53.8 Å². The number of carbonyl (C=O) groups excluding carboxylic acids is 2. The summed E-state index contributed by atoms with van der Waals surface area (Å²) < 4.78 is 18.5.